The fraction of sp³-hybridized carbons (Fsp3) is 0.362. The quantitative estimate of drug-likeness (QED) is 0.120. The molecule has 15 rings (SSSR count). The highest BCUT2D eigenvalue weighted by Crippen LogP contribution is 2.42. The Morgan fingerprint density at radius 3 is 0.596 bits per heavy atom. The van der Waals surface area contributed by atoms with E-state index in [0.29, 0.717) is 38.7 Å². The van der Waals surface area contributed by atoms with Crippen molar-refractivity contribution in [3.8, 4) is 57.5 Å². The Balaban J connectivity index is 1.61. The van der Waals surface area contributed by atoms with Crippen LogP contribution in [0.3, 0.4) is 0 Å². The van der Waals surface area contributed by atoms with E-state index >= 15 is 0 Å². The van der Waals surface area contributed by atoms with Gasteiger partial charge in [0.05, 0.1) is 70.6 Å². The van der Waals surface area contributed by atoms with Crippen LogP contribution in [-0.2, 0) is 32.1 Å². The lowest BCUT2D eigenvalue weighted by Crippen LogP contribution is -2.06. The Morgan fingerprint density at radius 1 is 0.281 bits per heavy atom. The summed E-state index contributed by atoms with van der Waals surface area (Å²) >= 11 is 0. The van der Waals surface area contributed by atoms with Gasteiger partial charge in [-0.15, -0.1) is 0 Å². The summed E-state index contributed by atoms with van der Waals surface area (Å²) in [6.07, 6.45) is 3.39. The van der Waals surface area contributed by atoms with Gasteiger partial charge in [0.15, 0.2) is 0 Å². The van der Waals surface area contributed by atoms with Crippen LogP contribution in [0.4, 0.5) is 0 Å². The molecule has 0 atom stereocenters. The van der Waals surface area contributed by atoms with Crippen molar-refractivity contribution in [2.45, 2.75) is 45.4 Å². The molecule has 0 N–H and O–H groups in total. The zero-order valence-electron chi connectivity index (χ0n) is 34.8. The Kier molecular flexibility index (Phi) is 13.1. The number of methoxy groups -OCH3 is 9. The zero-order chi connectivity index (χ0) is 40.6. The lowest BCUT2D eigenvalue weighted by Gasteiger charge is -2.20. The summed E-state index contributed by atoms with van der Waals surface area (Å²) in [6.45, 7) is 2.65. The second-order valence-electron chi connectivity index (χ2n) is 13.9. The Morgan fingerprint density at radius 2 is 0.439 bits per heavy atom. The fourth-order valence-electron chi connectivity index (χ4n) is 7.68. The summed E-state index contributed by atoms with van der Waals surface area (Å²) in [5, 5.41) is 0. The molecule has 0 fully saturated rings. The van der Waals surface area contributed by atoms with E-state index in [1.54, 1.807) is 64.0 Å². The maximum Gasteiger partial charge on any atom is 0.123 e. The molecule has 0 heterocycles. The van der Waals surface area contributed by atoms with Gasteiger partial charge in [0.25, 0.3) is 0 Å². The first-order valence-electron chi connectivity index (χ1n) is 19.0. The molecule has 0 saturated heterocycles. The second kappa shape index (κ2) is 18.4. The summed E-state index contributed by atoms with van der Waals surface area (Å²) in [5.74, 6) is 7.28. The van der Waals surface area contributed by atoms with Crippen molar-refractivity contribution in [1.82, 2.24) is 0 Å². The highest BCUT2D eigenvalue weighted by molar-refractivity contribution is 5.59. The molecule has 0 aromatic heterocycles. The van der Waals surface area contributed by atoms with Gasteiger partial charge in [0, 0.05) is 87.7 Å². The Hall–Kier alpha value is -5.90. The number of benzene rings is 5. The van der Waals surface area contributed by atoms with Crippen LogP contribution in [0.25, 0.3) is 0 Å². The topological polar surface area (TPSA) is 92.3 Å². The zero-order valence-corrected chi connectivity index (χ0v) is 34.8. The van der Waals surface area contributed by atoms with E-state index in [1.807, 2.05) is 48.5 Å². The monoisotopic (exact) mass is 778 g/mol. The van der Waals surface area contributed by atoms with Crippen molar-refractivity contribution in [3.63, 3.8) is 0 Å². The van der Waals surface area contributed by atoms with Crippen LogP contribution >= 0.6 is 0 Å². The van der Waals surface area contributed by atoms with Crippen molar-refractivity contribution < 1.29 is 47.4 Å². The predicted octanol–water partition coefficient (Wildman–Crippen LogP) is 8.82. The van der Waals surface area contributed by atoms with Gasteiger partial charge in [-0.1, -0.05) is 6.92 Å². The minimum absolute atomic E-state index is 0.504. The molecule has 5 aromatic carbocycles. The average molecular weight is 779 g/mol. The standard InChI is InChI=1S/C47H54O10/c1-11-12-57-47-27-36-16-34-24-42(52-6)32(22-43(34)53-7)14-30-20-38(48-2)28(18-39(30)49-3)13-29-19-41(51-5)31(21-40(29)50-4)15-33-23-45(55-9)35(25-44(33)54-8)17-37(47)26-46(36)56-10/h18-27H,11-17H2,1-10H3. The van der Waals surface area contributed by atoms with Crippen molar-refractivity contribution in [2.24, 2.45) is 0 Å². The van der Waals surface area contributed by atoms with E-state index in [4.69, 9.17) is 47.4 Å². The van der Waals surface area contributed by atoms with Gasteiger partial charge < -0.3 is 47.4 Å². The molecule has 10 heteroatoms. The van der Waals surface area contributed by atoms with Crippen LogP contribution in [0.2, 0.25) is 0 Å². The van der Waals surface area contributed by atoms with Crippen LogP contribution in [0.1, 0.15) is 69.0 Å². The molecular formula is C47H54O10. The maximum absolute atomic E-state index is 6.43. The number of rotatable bonds is 12. The average Bonchev–Trinajstić information content (AvgIpc) is 3.24. The van der Waals surface area contributed by atoms with Crippen LogP contribution in [0, 0.1) is 0 Å². The van der Waals surface area contributed by atoms with Crippen LogP contribution < -0.4 is 47.4 Å². The molecule has 5 aromatic rings. The third-order valence-electron chi connectivity index (χ3n) is 10.6. The molecule has 0 amide bonds. The van der Waals surface area contributed by atoms with Gasteiger partial charge in [0.2, 0.25) is 0 Å². The molecule has 302 valence electrons. The first-order chi connectivity index (χ1) is 27.7. The molecule has 0 radical (unpaired) electrons. The highest BCUT2D eigenvalue weighted by Gasteiger charge is 2.23. The lowest BCUT2D eigenvalue weighted by atomic mass is 9.94. The van der Waals surface area contributed by atoms with Crippen LogP contribution in [-0.4, -0.2) is 70.6 Å². The second-order valence-corrected chi connectivity index (χ2v) is 13.9. The van der Waals surface area contributed by atoms with E-state index in [1.165, 1.54) is 0 Å². The molecular weight excluding hydrogens is 725 g/mol. The molecule has 57 heavy (non-hydrogen) atoms. The highest BCUT2D eigenvalue weighted by atomic mass is 16.5. The Labute approximate surface area is 336 Å². The molecule has 0 aliphatic heterocycles. The van der Waals surface area contributed by atoms with E-state index in [2.05, 4.69) is 19.1 Å². The van der Waals surface area contributed by atoms with Gasteiger partial charge >= 0.3 is 0 Å². The smallest absolute Gasteiger partial charge is 0.123 e. The van der Waals surface area contributed by atoms with Gasteiger partial charge in [-0.3, -0.25) is 0 Å². The van der Waals surface area contributed by atoms with E-state index in [9.17, 15) is 0 Å². The van der Waals surface area contributed by atoms with Crippen molar-refractivity contribution >= 4 is 0 Å². The largest absolute Gasteiger partial charge is 0.496 e. The number of hydrogen-bond acceptors (Lipinski definition) is 10. The third-order valence-corrected chi connectivity index (χ3v) is 10.6. The van der Waals surface area contributed by atoms with Gasteiger partial charge in [-0.05, 0) is 67.1 Å². The van der Waals surface area contributed by atoms with E-state index < -0.39 is 0 Å². The van der Waals surface area contributed by atoms with E-state index in [-0.39, 0.29) is 0 Å². The summed E-state index contributed by atoms with van der Waals surface area (Å²) in [4.78, 5) is 0. The van der Waals surface area contributed by atoms with Gasteiger partial charge in [0.1, 0.15) is 57.5 Å². The summed E-state index contributed by atoms with van der Waals surface area (Å²) in [7, 11) is 15.1. The molecule has 0 spiro atoms. The van der Waals surface area contributed by atoms with Crippen LogP contribution in [0.15, 0.2) is 60.7 Å². The van der Waals surface area contributed by atoms with Gasteiger partial charge in [-0.2, -0.15) is 0 Å². The number of ether oxygens (including phenoxy) is 10. The van der Waals surface area contributed by atoms with Crippen molar-refractivity contribution in [2.75, 3.05) is 70.6 Å². The first-order valence-corrected chi connectivity index (χ1v) is 19.0. The minimum Gasteiger partial charge on any atom is -0.496 e. The fourth-order valence-corrected chi connectivity index (χ4v) is 7.68. The van der Waals surface area contributed by atoms with E-state index in [0.717, 1.165) is 120 Å². The molecule has 0 unspecified atom stereocenters. The molecule has 0 saturated carbocycles. The molecule has 10 bridgehead atoms. The van der Waals surface area contributed by atoms with Crippen LogP contribution in [0.5, 0.6) is 57.5 Å². The van der Waals surface area contributed by atoms with Crippen molar-refractivity contribution in [3.05, 3.63) is 116 Å². The summed E-state index contributed by atoms with van der Waals surface area (Å²) in [6, 6.07) is 20.4. The van der Waals surface area contributed by atoms with Crippen molar-refractivity contribution in [1.29, 1.82) is 0 Å². The molecule has 10 aliphatic rings. The normalized spacial score (nSPS) is 12.2. The molecule has 10 nitrogen and oxygen atoms in total. The first kappa shape index (κ1) is 40.8. The predicted molar refractivity (Wildman–Crippen MR) is 221 cm³/mol. The molecule has 10 aliphatic carbocycles. The van der Waals surface area contributed by atoms with Gasteiger partial charge in [-0.25, -0.2) is 0 Å². The SMILES string of the molecule is CCCOc1cc2c(OC)cc1Cc1cc(OC)c(cc1OC)Cc1cc(OC)c(cc1OC)Cc1cc(OC)c(cc1OC)Cc1cc(OC)c(cc1OC)C2. The minimum atomic E-state index is 0.504. The third kappa shape index (κ3) is 8.60. The Bertz CT molecular complexity index is 2200. The summed E-state index contributed by atoms with van der Waals surface area (Å²) in [5.41, 5.74) is 9.38. The lowest BCUT2D eigenvalue weighted by molar-refractivity contribution is 0.313. The number of hydrogen-bond donors (Lipinski definition) is 0. The maximum atomic E-state index is 6.43. The summed E-state index contributed by atoms with van der Waals surface area (Å²) < 4.78 is 60.6.